The van der Waals surface area contributed by atoms with Gasteiger partial charge in [-0.3, -0.25) is 4.52 Å². The van der Waals surface area contributed by atoms with Crippen molar-refractivity contribution in [1.82, 2.24) is 5.27 Å². The number of hydrogen-bond donors (Lipinski definition) is 1. The van der Waals surface area contributed by atoms with E-state index in [1.54, 1.807) is 4.68 Å². The third kappa shape index (κ3) is 0.895. The predicted molar refractivity (Wildman–Crippen MR) is 35.8 cm³/mol. The molecule has 0 saturated heterocycles. The SMILES string of the molecule is CC1(C)Cc2c(O)on[n+]2C1. The van der Waals surface area contributed by atoms with Crippen molar-refractivity contribution in [2.75, 3.05) is 0 Å². The maximum atomic E-state index is 9.15. The second-order valence-corrected chi connectivity index (χ2v) is 3.82. The van der Waals surface area contributed by atoms with Gasteiger partial charge in [0.1, 0.15) is 0 Å². The van der Waals surface area contributed by atoms with Crippen LogP contribution in [0.25, 0.3) is 0 Å². The van der Waals surface area contributed by atoms with E-state index in [1.165, 1.54) is 0 Å². The van der Waals surface area contributed by atoms with Gasteiger partial charge in [-0.05, 0) is 4.68 Å². The Morgan fingerprint density at radius 3 is 3.00 bits per heavy atom. The molecule has 11 heavy (non-hydrogen) atoms. The molecule has 2 heterocycles. The van der Waals surface area contributed by atoms with E-state index in [1.807, 2.05) is 0 Å². The molecule has 1 aromatic rings. The van der Waals surface area contributed by atoms with Gasteiger partial charge in [0.2, 0.25) is 5.27 Å². The zero-order valence-electron chi connectivity index (χ0n) is 6.66. The zero-order valence-corrected chi connectivity index (χ0v) is 6.66. The normalized spacial score (nSPS) is 20.2. The van der Waals surface area contributed by atoms with Crippen molar-refractivity contribution < 1.29 is 14.3 Å². The minimum absolute atomic E-state index is 0.0319. The zero-order chi connectivity index (χ0) is 8.06. The van der Waals surface area contributed by atoms with E-state index in [0.717, 1.165) is 18.7 Å². The minimum Gasteiger partial charge on any atom is -0.475 e. The van der Waals surface area contributed by atoms with Crippen LogP contribution in [0.1, 0.15) is 19.5 Å². The topological polar surface area (TPSA) is 50.1 Å². The molecule has 0 aliphatic carbocycles. The van der Waals surface area contributed by atoms with Crippen LogP contribution in [0.2, 0.25) is 0 Å². The molecular weight excluding hydrogens is 144 g/mol. The molecule has 0 bridgehead atoms. The minimum atomic E-state index is -0.0319. The maximum absolute atomic E-state index is 9.15. The summed E-state index contributed by atoms with van der Waals surface area (Å²) < 4.78 is 6.32. The molecule has 0 aromatic carbocycles. The molecule has 1 aliphatic rings. The monoisotopic (exact) mass is 155 g/mol. The maximum Gasteiger partial charge on any atom is 0.383 e. The first-order valence-electron chi connectivity index (χ1n) is 3.66. The molecule has 4 nitrogen and oxygen atoms in total. The van der Waals surface area contributed by atoms with Gasteiger partial charge in [-0.1, -0.05) is 13.8 Å². The fourth-order valence-electron chi connectivity index (χ4n) is 1.51. The molecule has 0 amide bonds. The summed E-state index contributed by atoms with van der Waals surface area (Å²) in [6, 6.07) is 0. The van der Waals surface area contributed by atoms with Gasteiger partial charge in [0.25, 0.3) is 5.69 Å². The molecule has 2 rings (SSSR count). The van der Waals surface area contributed by atoms with E-state index in [9.17, 15) is 0 Å². The Kier molecular flexibility index (Phi) is 1.06. The largest absolute Gasteiger partial charge is 0.475 e. The van der Waals surface area contributed by atoms with E-state index >= 15 is 0 Å². The Morgan fingerprint density at radius 1 is 1.64 bits per heavy atom. The molecule has 4 heteroatoms. The number of fused-ring (bicyclic) bond motifs is 1. The van der Waals surface area contributed by atoms with E-state index < -0.39 is 0 Å². The summed E-state index contributed by atoms with van der Waals surface area (Å²) in [5.41, 5.74) is 1.02. The molecule has 1 aliphatic heterocycles. The Morgan fingerprint density at radius 2 is 2.36 bits per heavy atom. The van der Waals surface area contributed by atoms with Gasteiger partial charge in [0, 0.05) is 5.41 Å². The van der Waals surface area contributed by atoms with Crippen LogP contribution < -0.4 is 4.68 Å². The standard InChI is InChI=1S/C7H10N2O2/c1-7(2)3-5-6(10)11-8-9(5)4-7/h3-4H2,1-2H3/p+1. The summed E-state index contributed by atoms with van der Waals surface area (Å²) in [6.07, 6.45) is 0.836. The fourth-order valence-corrected chi connectivity index (χ4v) is 1.51. The lowest BCUT2D eigenvalue weighted by molar-refractivity contribution is -0.763. The lowest BCUT2D eigenvalue weighted by Crippen LogP contribution is -2.37. The number of aromatic hydroxyl groups is 1. The van der Waals surface area contributed by atoms with Gasteiger partial charge in [-0.2, -0.15) is 0 Å². The summed E-state index contributed by atoms with van der Waals surface area (Å²) in [5.74, 6) is -0.0319. The molecule has 0 spiro atoms. The summed E-state index contributed by atoms with van der Waals surface area (Å²) in [6.45, 7) is 5.11. The molecular formula is C7H11N2O2+. The van der Waals surface area contributed by atoms with Crippen LogP contribution >= 0.6 is 0 Å². The summed E-state index contributed by atoms with van der Waals surface area (Å²) in [5, 5.41) is 12.8. The molecule has 0 unspecified atom stereocenters. The summed E-state index contributed by atoms with van der Waals surface area (Å²) in [7, 11) is 0. The van der Waals surface area contributed by atoms with Crippen LogP contribution in [0.15, 0.2) is 4.52 Å². The lowest BCUT2D eigenvalue weighted by atomic mass is 9.91. The first-order chi connectivity index (χ1) is 5.08. The van der Waals surface area contributed by atoms with E-state index in [-0.39, 0.29) is 11.4 Å². The third-order valence-electron chi connectivity index (χ3n) is 2.01. The molecule has 1 aromatic heterocycles. The average Bonchev–Trinajstić information content (AvgIpc) is 2.31. The van der Waals surface area contributed by atoms with Gasteiger partial charge in [0.05, 0.1) is 6.42 Å². The molecule has 60 valence electrons. The van der Waals surface area contributed by atoms with Gasteiger partial charge in [0.15, 0.2) is 6.54 Å². The number of aromatic nitrogens is 2. The van der Waals surface area contributed by atoms with Crippen molar-refractivity contribution >= 4 is 0 Å². The van der Waals surface area contributed by atoms with Crippen LogP contribution in [-0.2, 0) is 13.0 Å². The predicted octanol–water partition coefficient (Wildman–Crippen LogP) is 0.250. The van der Waals surface area contributed by atoms with Crippen molar-refractivity contribution in [3.05, 3.63) is 5.69 Å². The van der Waals surface area contributed by atoms with Crippen LogP contribution in [-0.4, -0.2) is 10.4 Å². The van der Waals surface area contributed by atoms with Crippen molar-refractivity contribution in [3.63, 3.8) is 0 Å². The van der Waals surface area contributed by atoms with Crippen molar-refractivity contribution in [2.45, 2.75) is 26.8 Å². The smallest absolute Gasteiger partial charge is 0.383 e. The first kappa shape index (κ1) is 6.64. The van der Waals surface area contributed by atoms with Crippen LogP contribution in [0.5, 0.6) is 5.95 Å². The Labute approximate surface area is 64.4 Å². The molecule has 0 atom stereocenters. The summed E-state index contributed by atoms with van der Waals surface area (Å²) >= 11 is 0. The van der Waals surface area contributed by atoms with Crippen molar-refractivity contribution in [3.8, 4) is 5.95 Å². The van der Waals surface area contributed by atoms with Crippen LogP contribution in [0.3, 0.4) is 0 Å². The highest BCUT2D eigenvalue weighted by atomic mass is 16.6. The number of rotatable bonds is 0. The van der Waals surface area contributed by atoms with Gasteiger partial charge in [-0.25, -0.2) is 0 Å². The van der Waals surface area contributed by atoms with E-state index in [0.29, 0.717) is 0 Å². The lowest BCUT2D eigenvalue weighted by Gasteiger charge is -2.07. The second kappa shape index (κ2) is 1.75. The highest BCUT2D eigenvalue weighted by molar-refractivity contribution is 5.08. The molecule has 0 fully saturated rings. The molecule has 0 radical (unpaired) electrons. The van der Waals surface area contributed by atoms with Gasteiger partial charge >= 0.3 is 5.95 Å². The highest BCUT2D eigenvalue weighted by Gasteiger charge is 2.42. The Bertz CT molecular complexity index is 291. The first-order valence-corrected chi connectivity index (χ1v) is 3.66. The number of hydrogen-bond acceptors (Lipinski definition) is 3. The second-order valence-electron chi connectivity index (χ2n) is 3.82. The summed E-state index contributed by atoms with van der Waals surface area (Å²) in [4.78, 5) is 0. The van der Waals surface area contributed by atoms with Crippen molar-refractivity contribution in [2.24, 2.45) is 5.41 Å². The van der Waals surface area contributed by atoms with Gasteiger partial charge < -0.3 is 5.11 Å². The molecule has 0 saturated carbocycles. The van der Waals surface area contributed by atoms with E-state index in [2.05, 4.69) is 23.6 Å². The molecule has 1 N–H and O–H groups in total. The third-order valence-corrected chi connectivity index (χ3v) is 2.01. The Balaban J connectivity index is 2.42. The average molecular weight is 155 g/mol. The van der Waals surface area contributed by atoms with Crippen LogP contribution in [0, 0.1) is 5.41 Å². The van der Waals surface area contributed by atoms with Gasteiger partial charge in [-0.15, -0.1) is 0 Å². The highest BCUT2D eigenvalue weighted by Crippen LogP contribution is 2.29. The van der Waals surface area contributed by atoms with E-state index in [4.69, 9.17) is 5.11 Å². The Hall–Kier alpha value is -1.06. The number of nitrogens with zero attached hydrogens (tertiary/aromatic N) is 2. The van der Waals surface area contributed by atoms with Crippen molar-refractivity contribution in [1.29, 1.82) is 0 Å². The fraction of sp³-hybridized carbons (Fsp3) is 0.714. The quantitative estimate of drug-likeness (QED) is 0.546. The van der Waals surface area contributed by atoms with Crippen LogP contribution in [0.4, 0.5) is 0 Å².